The van der Waals surface area contributed by atoms with E-state index in [9.17, 15) is 8.78 Å². The minimum atomic E-state index is -0.541. The molecule has 0 aliphatic carbocycles. The van der Waals surface area contributed by atoms with E-state index >= 15 is 0 Å². The van der Waals surface area contributed by atoms with Gasteiger partial charge in [-0.15, -0.1) is 0 Å². The van der Waals surface area contributed by atoms with Gasteiger partial charge >= 0.3 is 0 Å². The third-order valence-corrected chi connectivity index (χ3v) is 4.17. The van der Waals surface area contributed by atoms with Crippen LogP contribution in [-0.2, 0) is 11.2 Å². The van der Waals surface area contributed by atoms with Crippen molar-refractivity contribution in [2.45, 2.75) is 45.3 Å². The largest absolute Gasteiger partial charge is 0.377 e. The zero-order valence-electron chi connectivity index (χ0n) is 12.4. The minimum Gasteiger partial charge on any atom is -0.377 e. The maximum atomic E-state index is 14.1. The first kappa shape index (κ1) is 17.5. The molecule has 20 heavy (non-hydrogen) atoms. The molecule has 2 nitrogen and oxygen atoms in total. The van der Waals surface area contributed by atoms with Crippen molar-refractivity contribution < 1.29 is 13.5 Å². The maximum Gasteiger partial charge on any atom is 0.143 e. The quantitative estimate of drug-likeness (QED) is 0.749. The van der Waals surface area contributed by atoms with E-state index in [1.165, 1.54) is 12.1 Å². The number of rotatable bonds is 7. The lowest BCUT2D eigenvalue weighted by molar-refractivity contribution is -0.0104. The third-order valence-electron chi connectivity index (χ3n) is 3.55. The Kier molecular flexibility index (Phi) is 6.55. The normalized spacial score (nSPS) is 13.6. The molecule has 0 heterocycles. The van der Waals surface area contributed by atoms with Gasteiger partial charge in [0.25, 0.3) is 0 Å². The van der Waals surface area contributed by atoms with E-state index < -0.39 is 17.2 Å². The van der Waals surface area contributed by atoms with Gasteiger partial charge in [0.15, 0.2) is 0 Å². The Labute approximate surface area is 128 Å². The number of methoxy groups -OCH3 is 1. The molecule has 0 saturated carbocycles. The third kappa shape index (κ3) is 4.24. The maximum absolute atomic E-state index is 14.1. The van der Waals surface area contributed by atoms with Crippen molar-refractivity contribution in [3.05, 3.63) is 33.8 Å². The van der Waals surface area contributed by atoms with Gasteiger partial charge in [0.05, 0.1) is 10.1 Å². The molecule has 1 aromatic rings. The second-order valence-corrected chi connectivity index (χ2v) is 6.19. The highest BCUT2D eigenvalue weighted by molar-refractivity contribution is 9.10. The van der Waals surface area contributed by atoms with Crippen molar-refractivity contribution >= 4 is 15.9 Å². The molecule has 0 amide bonds. The summed E-state index contributed by atoms with van der Waals surface area (Å²) in [6.07, 6.45) is 1.18. The van der Waals surface area contributed by atoms with Crippen LogP contribution in [0.1, 0.15) is 32.8 Å². The Morgan fingerprint density at radius 1 is 1.35 bits per heavy atom. The van der Waals surface area contributed by atoms with Crippen LogP contribution in [0.15, 0.2) is 16.6 Å². The Bertz CT molecular complexity index is 452. The van der Waals surface area contributed by atoms with Crippen LogP contribution in [0, 0.1) is 11.6 Å². The van der Waals surface area contributed by atoms with E-state index in [-0.39, 0.29) is 22.5 Å². The summed E-state index contributed by atoms with van der Waals surface area (Å²) in [7, 11) is 1.61. The molecule has 0 aliphatic heterocycles. The number of benzene rings is 1. The highest BCUT2D eigenvalue weighted by atomic mass is 79.9. The second kappa shape index (κ2) is 7.48. The van der Waals surface area contributed by atoms with Crippen molar-refractivity contribution in [2.75, 3.05) is 13.7 Å². The van der Waals surface area contributed by atoms with Crippen LogP contribution in [0.2, 0.25) is 0 Å². The predicted octanol–water partition coefficient (Wildman–Crippen LogP) is 4.06. The molecule has 0 aromatic heterocycles. The van der Waals surface area contributed by atoms with E-state index in [2.05, 4.69) is 21.2 Å². The Hall–Kier alpha value is -0.520. The average Bonchev–Trinajstić information content (AvgIpc) is 2.42. The predicted molar refractivity (Wildman–Crippen MR) is 80.9 cm³/mol. The van der Waals surface area contributed by atoms with Gasteiger partial charge < -0.3 is 10.1 Å². The van der Waals surface area contributed by atoms with Crippen LogP contribution in [0.4, 0.5) is 8.78 Å². The van der Waals surface area contributed by atoms with Crippen molar-refractivity contribution in [3.63, 3.8) is 0 Å². The minimum absolute atomic E-state index is 0.0816. The lowest BCUT2D eigenvalue weighted by Crippen LogP contribution is -2.50. The molecule has 1 rings (SSSR count). The van der Waals surface area contributed by atoms with Crippen molar-refractivity contribution in [1.29, 1.82) is 0 Å². The smallest absolute Gasteiger partial charge is 0.143 e. The van der Waals surface area contributed by atoms with Gasteiger partial charge in [-0.25, -0.2) is 8.78 Å². The van der Waals surface area contributed by atoms with E-state index in [0.29, 0.717) is 0 Å². The summed E-state index contributed by atoms with van der Waals surface area (Å²) in [4.78, 5) is 0. The molecule has 0 spiro atoms. The van der Waals surface area contributed by atoms with Crippen LogP contribution in [0.25, 0.3) is 0 Å². The highest BCUT2D eigenvalue weighted by Crippen LogP contribution is 2.26. The van der Waals surface area contributed by atoms with Gasteiger partial charge in [0.2, 0.25) is 0 Å². The number of ether oxygens (including phenoxy) is 1. The fourth-order valence-electron chi connectivity index (χ4n) is 1.98. The first-order valence-electron chi connectivity index (χ1n) is 6.74. The molecule has 0 fully saturated rings. The molecule has 1 N–H and O–H groups in total. The number of halogens is 3. The molecule has 1 aromatic carbocycles. The van der Waals surface area contributed by atoms with Gasteiger partial charge in [-0.05, 0) is 61.3 Å². The zero-order valence-corrected chi connectivity index (χ0v) is 14.0. The Balaban J connectivity index is 3.04. The van der Waals surface area contributed by atoms with E-state index in [1.807, 2.05) is 20.8 Å². The molecule has 1 unspecified atom stereocenters. The highest BCUT2D eigenvalue weighted by Gasteiger charge is 2.30. The molecule has 0 saturated heterocycles. The van der Waals surface area contributed by atoms with Crippen LogP contribution in [0.5, 0.6) is 0 Å². The van der Waals surface area contributed by atoms with Crippen LogP contribution in [-0.4, -0.2) is 25.3 Å². The van der Waals surface area contributed by atoms with Crippen LogP contribution in [0.3, 0.4) is 0 Å². The van der Waals surface area contributed by atoms with Gasteiger partial charge in [-0.2, -0.15) is 0 Å². The lowest BCUT2D eigenvalue weighted by Gasteiger charge is -2.34. The van der Waals surface area contributed by atoms with Gasteiger partial charge in [0, 0.05) is 18.7 Å². The molecule has 0 aliphatic rings. The summed E-state index contributed by atoms with van der Waals surface area (Å²) in [5, 5.41) is 3.31. The molecule has 1 atom stereocenters. The Morgan fingerprint density at radius 3 is 2.55 bits per heavy atom. The number of hydrogen-bond acceptors (Lipinski definition) is 2. The van der Waals surface area contributed by atoms with Gasteiger partial charge in [-0.3, -0.25) is 0 Å². The van der Waals surface area contributed by atoms with Crippen LogP contribution < -0.4 is 5.32 Å². The number of hydrogen-bond donors (Lipinski definition) is 1. The summed E-state index contributed by atoms with van der Waals surface area (Å²) < 4.78 is 33.7. The number of nitrogens with one attached hydrogen (secondary N) is 1. The van der Waals surface area contributed by atoms with Crippen molar-refractivity contribution in [1.82, 2.24) is 5.32 Å². The summed E-state index contributed by atoms with van der Waals surface area (Å²) in [6, 6.07) is 2.48. The first-order valence-corrected chi connectivity index (χ1v) is 7.53. The van der Waals surface area contributed by atoms with Gasteiger partial charge in [0.1, 0.15) is 11.6 Å². The summed E-state index contributed by atoms with van der Waals surface area (Å²) in [5.74, 6) is -1.07. The SMILES string of the molecule is CCCNC(Cc1c(F)ccc(Br)c1F)C(C)(C)OC. The summed E-state index contributed by atoms with van der Waals surface area (Å²) in [5.41, 5.74) is -0.436. The van der Waals surface area contributed by atoms with E-state index in [4.69, 9.17) is 4.74 Å². The fraction of sp³-hybridized carbons (Fsp3) is 0.600. The molecule has 114 valence electrons. The molecule has 0 bridgehead atoms. The zero-order chi connectivity index (χ0) is 15.3. The standard InChI is InChI=1S/C15H22BrF2NO/c1-5-8-19-13(15(2,3)20-4)9-10-12(17)7-6-11(16)14(10)18/h6-7,13,19H,5,8-9H2,1-4H3. The molecule has 5 heteroatoms. The second-order valence-electron chi connectivity index (χ2n) is 5.34. The first-order chi connectivity index (χ1) is 9.33. The van der Waals surface area contributed by atoms with Crippen molar-refractivity contribution in [3.8, 4) is 0 Å². The molecule has 0 radical (unpaired) electrons. The average molecular weight is 350 g/mol. The fourth-order valence-corrected chi connectivity index (χ4v) is 2.36. The van der Waals surface area contributed by atoms with E-state index in [1.54, 1.807) is 7.11 Å². The monoisotopic (exact) mass is 349 g/mol. The summed E-state index contributed by atoms with van der Waals surface area (Å²) >= 11 is 3.10. The van der Waals surface area contributed by atoms with Crippen molar-refractivity contribution in [2.24, 2.45) is 0 Å². The molecular weight excluding hydrogens is 328 g/mol. The molecular formula is C15H22BrF2NO. The Morgan fingerprint density at radius 2 is 2.00 bits per heavy atom. The topological polar surface area (TPSA) is 21.3 Å². The summed E-state index contributed by atoms with van der Waals surface area (Å²) in [6.45, 7) is 6.64. The van der Waals surface area contributed by atoms with Gasteiger partial charge in [-0.1, -0.05) is 6.92 Å². The van der Waals surface area contributed by atoms with E-state index in [0.717, 1.165) is 13.0 Å². The van der Waals surface area contributed by atoms with Crippen LogP contribution >= 0.6 is 15.9 Å². The lowest BCUT2D eigenvalue weighted by atomic mass is 9.91.